The predicted molar refractivity (Wildman–Crippen MR) is 75.1 cm³/mol. The summed E-state index contributed by atoms with van der Waals surface area (Å²) in [4.78, 5) is 0. The highest BCUT2D eigenvalue weighted by Crippen LogP contribution is 2.08. The molecule has 0 aromatic carbocycles. The van der Waals surface area contributed by atoms with Crippen LogP contribution in [-0.2, 0) is 9.84 Å². The van der Waals surface area contributed by atoms with Gasteiger partial charge in [-0.15, -0.1) is 0 Å². The highest BCUT2D eigenvalue weighted by atomic mass is 32.2. The molecule has 4 heteroatoms. The molecule has 1 N–H and O–H groups in total. The molecular formula is C13H29NO2S. The van der Waals surface area contributed by atoms with Gasteiger partial charge in [0.1, 0.15) is 0 Å². The maximum absolute atomic E-state index is 11.5. The van der Waals surface area contributed by atoms with Crippen LogP contribution in [0.25, 0.3) is 0 Å². The first-order valence-electron chi connectivity index (χ1n) is 6.73. The Hall–Kier alpha value is -0.0900. The molecule has 0 heterocycles. The van der Waals surface area contributed by atoms with Gasteiger partial charge in [0.15, 0.2) is 9.84 Å². The van der Waals surface area contributed by atoms with E-state index in [1.54, 1.807) is 6.92 Å². The van der Waals surface area contributed by atoms with Crippen molar-refractivity contribution in [1.29, 1.82) is 0 Å². The molecule has 17 heavy (non-hydrogen) atoms. The van der Waals surface area contributed by atoms with E-state index in [1.165, 1.54) is 12.8 Å². The summed E-state index contributed by atoms with van der Waals surface area (Å²) in [6.45, 7) is 10.2. The zero-order valence-electron chi connectivity index (χ0n) is 12.0. The third-order valence-corrected chi connectivity index (χ3v) is 4.82. The smallest absolute Gasteiger partial charge is 0.151 e. The molecule has 0 aliphatic heterocycles. The Morgan fingerprint density at radius 1 is 1.00 bits per heavy atom. The first kappa shape index (κ1) is 16.9. The Balaban J connectivity index is 3.84. The quantitative estimate of drug-likeness (QED) is 0.695. The summed E-state index contributed by atoms with van der Waals surface area (Å²) in [7, 11) is -2.86. The third kappa shape index (κ3) is 9.60. The minimum absolute atomic E-state index is 0.0500. The summed E-state index contributed by atoms with van der Waals surface area (Å²) in [6, 6.07) is 0.449. The number of nitrogens with one attached hydrogen (secondary N) is 1. The average Bonchev–Trinajstić information content (AvgIpc) is 2.15. The predicted octanol–water partition coefficient (Wildman–Crippen LogP) is 2.61. The lowest BCUT2D eigenvalue weighted by Gasteiger charge is -2.20. The molecule has 0 aromatic rings. The first-order valence-corrected chi connectivity index (χ1v) is 8.55. The van der Waals surface area contributed by atoms with E-state index in [0.29, 0.717) is 6.04 Å². The van der Waals surface area contributed by atoms with Crippen molar-refractivity contribution < 1.29 is 8.42 Å². The summed E-state index contributed by atoms with van der Waals surface area (Å²) >= 11 is 0. The molecule has 2 unspecified atom stereocenters. The summed E-state index contributed by atoms with van der Waals surface area (Å²) in [5, 5.41) is 3.36. The molecule has 2 atom stereocenters. The van der Waals surface area contributed by atoms with Crippen molar-refractivity contribution in [1.82, 2.24) is 5.32 Å². The van der Waals surface area contributed by atoms with Gasteiger partial charge in [0.05, 0.1) is 5.75 Å². The van der Waals surface area contributed by atoms with E-state index >= 15 is 0 Å². The van der Waals surface area contributed by atoms with E-state index in [4.69, 9.17) is 0 Å². The number of hydrogen-bond acceptors (Lipinski definition) is 3. The summed E-state index contributed by atoms with van der Waals surface area (Å²) in [5.74, 6) is 1.23. The fourth-order valence-electron chi connectivity index (χ4n) is 1.95. The molecule has 0 spiro atoms. The van der Waals surface area contributed by atoms with Crippen molar-refractivity contribution >= 4 is 9.84 Å². The lowest BCUT2D eigenvalue weighted by atomic mass is 10.0. The van der Waals surface area contributed by atoms with E-state index < -0.39 is 9.84 Å². The Bertz CT molecular complexity index is 286. The van der Waals surface area contributed by atoms with Gasteiger partial charge in [-0.1, -0.05) is 33.6 Å². The largest absolute Gasteiger partial charge is 0.311 e. The fraction of sp³-hybridized carbons (Fsp3) is 1.00. The van der Waals surface area contributed by atoms with E-state index in [1.807, 2.05) is 6.92 Å². The zero-order valence-corrected chi connectivity index (χ0v) is 12.8. The van der Waals surface area contributed by atoms with Crippen molar-refractivity contribution in [2.24, 2.45) is 5.92 Å². The van der Waals surface area contributed by atoms with Crippen LogP contribution < -0.4 is 5.32 Å². The molecule has 0 saturated carbocycles. The van der Waals surface area contributed by atoms with Crippen LogP contribution >= 0.6 is 0 Å². The number of sulfone groups is 1. The minimum atomic E-state index is -2.86. The molecular weight excluding hydrogens is 234 g/mol. The molecule has 0 rings (SSSR count). The van der Waals surface area contributed by atoms with Crippen LogP contribution in [0.2, 0.25) is 0 Å². The normalized spacial score (nSPS) is 16.1. The van der Waals surface area contributed by atoms with Crippen LogP contribution in [0.15, 0.2) is 0 Å². The molecule has 0 amide bonds. The number of rotatable bonds is 9. The van der Waals surface area contributed by atoms with E-state index in [-0.39, 0.29) is 17.5 Å². The molecule has 0 radical (unpaired) electrons. The average molecular weight is 263 g/mol. The van der Waals surface area contributed by atoms with Crippen LogP contribution in [0.1, 0.15) is 53.9 Å². The minimum Gasteiger partial charge on any atom is -0.311 e. The topological polar surface area (TPSA) is 46.2 Å². The molecule has 104 valence electrons. The van der Waals surface area contributed by atoms with Crippen LogP contribution in [0.3, 0.4) is 0 Å². The molecule has 0 aromatic heterocycles. The summed E-state index contributed by atoms with van der Waals surface area (Å²) in [5.41, 5.74) is 0. The van der Waals surface area contributed by atoms with Gasteiger partial charge >= 0.3 is 0 Å². The van der Waals surface area contributed by atoms with Gasteiger partial charge in [0.25, 0.3) is 0 Å². The van der Waals surface area contributed by atoms with Crippen LogP contribution in [0.5, 0.6) is 0 Å². The SMILES string of the molecule is CCS(=O)(=O)CC(C)NC(C)CCCC(C)C. The molecule has 0 saturated heterocycles. The van der Waals surface area contributed by atoms with Crippen molar-refractivity contribution in [2.45, 2.75) is 66.0 Å². The Morgan fingerprint density at radius 2 is 1.59 bits per heavy atom. The van der Waals surface area contributed by atoms with E-state index in [9.17, 15) is 8.42 Å². The monoisotopic (exact) mass is 263 g/mol. The number of hydrogen-bond donors (Lipinski definition) is 1. The maximum atomic E-state index is 11.5. The molecule has 3 nitrogen and oxygen atoms in total. The van der Waals surface area contributed by atoms with Gasteiger partial charge in [0, 0.05) is 17.8 Å². The molecule has 0 fully saturated rings. The molecule has 0 bridgehead atoms. The van der Waals surface area contributed by atoms with Crippen molar-refractivity contribution in [3.05, 3.63) is 0 Å². The summed E-state index contributed by atoms with van der Waals surface area (Å²) < 4.78 is 22.9. The molecule has 0 aliphatic carbocycles. The second-order valence-electron chi connectivity index (χ2n) is 5.49. The van der Waals surface area contributed by atoms with E-state index in [0.717, 1.165) is 12.3 Å². The van der Waals surface area contributed by atoms with Crippen LogP contribution in [-0.4, -0.2) is 32.0 Å². The molecule has 0 aliphatic rings. The third-order valence-electron chi connectivity index (χ3n) is 2.93. The van der Waals surface area contributed by atoms with Crippen molar-refractivity contribution in [2.75, 3.05) is 11.5 Å². The summed E-state index contributed by atoms with van der Waals surface area (Å²) in [6.07, 6.45) is 3.57. The Labute approximate surface area is 107 Å². The standard InChI is InChI=1S/C13H29NO2S/c1-6-17(15,16)10-13(5)14-12(4)9-7-8-11(2)3/h11-14H,6-10H2,1-5H3. The maximum Gasteiger partial charge on any atom is 0.151 e. The highest BCUT2D eigenvalue weighted by Gasteiger charge is 2.15. The van der Waals surface area contributed by atoms with E-state index in [2.05, 4.69) is 26.1 Å². The van der Waals surface area contributed by atoms with Crippen molar-refractivity contribution in [3.8, 4) is 0 Å². The van der Waals surface area contributed by atoms with Gasteiger partial charge in [-0.25, -0.2) is 8.42 Å². The second-order valence-corrected chi connectivity index (χ2v) is 7.89. The van der Waals surface area contributed by atoms with Gasteiger partial charge in [-0.05, 0) is 26.2 Å². The van der Waals surface area contributed by atoms with Crippen LogP contribution in [0, 0.1) is 5.92 Å². The van der Waals surface area contributed by atoms with Gasteiger partial charge in [0.2, 0.25) is 0 Å². The van der Waals surface area contributed by atoms with Gasteiger partial charge in [-0.2, -0.15) is 0 Å². The first-order chi connectivity index (χ1) is 7.76. The van der Waals surface area contributed by atoms with Crippen molar-refractivity contribution in [3.63, 3.8) is 0 Å². The Kier molecular flexibility index (Phi) is 8.05. The fourth-order valence-corrected chi connectivity index (χ4v) is 3.04. The van der Waals surface area contributed by atoms with Crippen LogP contribution in [0.4, 0.5) is 0 Å². The lowest BCUT2D eigenvalue weighted by Crippen LogP contribution is -2.39. The highest BCUT2D eigenvalue weighted by molar-refractivity contribution is 7.91. The van der Waals surface area contributed by atoms with Gasteiger partial charge in [-0.3, -0.25) is 0 Å². The zero-order chi connectivity index (χ0) is 13.5. The Morgan fingerprint density at radius 3 is 2.06 bits per heavy atom. The lowest BCUT2D eigenvalue weighted by molar-refractivity contribution is 0.429. The second kappa shape index (κ2) is 8.09. The van der Waals surface area contributed by atoms with Gasteiger partial charge < -0.3 is 5.32 Å².